The van der Waals surface area contributed by atoms with Gasteiger partial charge in [-0.25, -0.2) is 9.18 Å². The molecule has 1 unspecified atom stereocenters. The van der Waals surface area contributed by atoms with Crippen molar-refractivity contribution in [1.29, 1.82) is 0 Å². The molecule has 0 aliphatic carbocycles. The number of halogens is 1. The molecule has 2 rings (SSSR count). The Morgan fingerprint density at radius 1 is 1.63 bits per heavy atom. The molecule has 0 saturated carbocycles. The Hall–Kier alpha value is -1.65. The molecule has 1 amide bonds. The molecule has 1 saturated heterocycles. The summed E-state index contributed by atoms with van der Waals surface area (Å²) in [6, 6.07) is 1.36. The predicted molar refractivity (Wildman–Crippen MR) is 69.4 cm³/mol. The van der Waals surface area contributed by atoms with E-state index in [1.807, 2.05) is 6.92 Å². The second kappa shape index (κ2) is 6.50. The van der Waals surface area contributed by atoms with Gasteiger partial charge in [-0.15, -0.1) is 0 Å². The van der Waals surface area contributed by atoms with Gasteiger partial charge in [0.2, 0.25) is 0 Å². The van der Waals surface area contributed by atoms with Crippen LogP contribution in [0.5, 0.6) is 0 Å². The molecule has 1 atom stereocenters. The monoisotopic (exact) mass is 266 g/mol. The number of pyridine rings is 1. The fourth-order valence-electron chi connectivity index (χ4n) is 2.27. The second-order valence-electron chi connectivity index (χ2n) is 4.80. The number of ether oxygens (including phenoxy) is 1. The number of amides is 1. The Balaban J connectivity index is 1.89. The smallest absolute Gasteiger partial charge is 0.409 e. The van der Waals surface area contributed by atoms with Crippen molar-refractivity contribution in [3.05, 3.63) is 29.8 Å². The van der Waals surface area contributed by atoms with Gasteiger partial charge >= 0.3 is 6.09 Å². The van der Waals surface area contributed by atoms with Gasteiger partial charge < -0.3 is 9.64 Å². The van der Waals surface area contributed by atoms with Gasteiger partial charge in [-0.3, -0.25) is 4.98 Å². The van der Waals surface area contributed by atoms with Crippen LogP contribution in [0.4, 0.5) is 9.18 Å². The van der Waals surface area contributed by atoms with E-state index in [0.29, 0.717) is 25.3 Å². The molecule has 4 nitrogen and oxygen atoms in total. The van der Waals surface area contributed by atoms with E-state index in [1.54, 1.807) is 11.1 Å². The number of unbranched alkanes of at least 4 members (excludes halogenated alkanes) is 1. The average molecular weight is 266 g/mol. The minimum atomic E-state index is -0.291. The van der Waals surface area contributed by atoms with Crippen LogP contribution in [-0.2, 0) is 4.74 Å². The van der Waals surface area contributed by atoms with Crippen molar-refractivity contribution in [2.45, 2.75) is 32.1 Å². The largest absolute Gasteiger partial charge is 0.449 e. The molecule has 0 spiro atoms. The van der Waals surface area contributed by atoms with E-state index in [0.717, 1.165) is 19.3 Å². The van der Waals surface area contributed by atoms with Crippen LogP contribution >= 0.6 is 0 Å². The summed E-state index contributed by atoms with van der Waals surface area (Å²) in [5.74, 6) is -0.228. The topological polar surface area (TPSA) is 42.4 Å². The van der Waals surface area contributed by atoms with Crippen molar-refractivity contribution in [1.82, 2.24) is 9.88 Å². The zero-order chi connectivity index (χ0) is 13.7. The van der Waals surface area contributed by atoms with E-state index in [2.05, 4.69) is 4.98 Å². The van der Waals surface area contributed by atoms with E-state index >= 15 is 0 Å². The van der Waals surface area contributed by atoms with Crippen LogP contribution in [0.3, 0.4) is 0 Å². The standard InChI is InChI=1S/C14H19FN2O2/c1-2-3-8-19-14(18)17-7-5-11(10-17)12-9-16-6-4-13(12)15/h4,6,9,11H,2-3,5,7-8,10H2,1H3. The summed E-state index contributed by atoms with van der Waals surface area (Å²) in [6.07, 6.45) is 5.32. The summed E-state index contributed by atoms with van der Waals surface area (Å²) in [7, 11) is 0. The number of nitrogens with zero attached hydrogens (tertiary/aromatic N) is 2. The number of aromatic nitrogens is 1. The van der Waals surface area contributed by atoms with E-state index in [4.69, 9.17) is 4.74 Å². The molecule has 1 aliphatic rings. The lowest BCUT2D eigenvalue weighted by Gasteiger charge is -2.16. The molecule has 5 heteroatoms. The lowest BCUT2D eigenvalue weighted by Crippen LogP contribution is -2.29. The molecule has 104 valence electrons. The number of hydrogen-bond donors (Lipinski definition) is 0. The summed E-state index contributed by atoms with van der Waals surface area (Å²) in [6.45, 7) is 3.63. The molecule has 1 fully saturated rings. The van der Waals surface area contributed by atoms with Crippen LogP contribution in [-0.4, -0.2) is 35.7 Å². The Bertz CT molecular complexity index is 439. The van der Waals surface area contributed by atoms with Crippen molar-refractivity contribution < 1.29 is 13.9 Å². The van der Waals surface area contributed by atoms with Crippen molar-refractivity contribution >= 4 is 6.09 Å². The third-order valence-corrected chi connectivity index (χ3v) is 3.41. The van der Waals surface area contributed by atoms with Crippen molar-refractivity contribution in [2.24, 2.45) is 0 Å². The summed E-state index contributed by atoms with van der Waals surface area (Å²) in [4.78, 5) is 17.4. The highest BCUT2D eigenvalue weighted by atomic mass is 19.1. The van der Waals surface area contributed by atoms with Crippen LogP contribution in [0.15, 0.2) is 18.5 Å². The molecule has 0 radical (unpaired) electrons. The first-order valence-electron chi connectivity index (χ1n) is 6.73. The minimum absolute atomic E-state index is 0.0208. The maximum atomic E-state index is 13.6. The molecular weight excluding hydrogens is 247 g/mol. The van der Waals surface area contributed by atoms with Gasteiger partial charge in [-0.2, -0.15) is 0 Å². The zero-order valence-electron chi connectivity index (χ0n) is 11.1. The molecule has 0 bridgehead atoms. The zero-order valence-corrected chi connectivity index (χ0v) is 11.1. The summed E-state index contributed by atoms with van der Waals surface area (Å²) in [5, 5.41) is 0. The number of carbonyl (C=O) groups is 1. The molecule has 19 heavy (non-hydrogen) atoms. The number of rotatable bonds is 4. The Kier molecular flexibility index (Phi) is 4.71. The first-order valence-corrected chi connectivity index (χ1v) is 6.73. The van der Waals surface area contributed by atoms with Gasteiger partial charge in [0.1, 0.15) is 5.82 Å². The maximum absolute atomic E-state index is 13.6. The highest BCUT2D eigenvalue weighted by molar-refractivity contribution is 5.68. The van der Waals surface area contributed by atoms with Crippen molar-refractivity contribution in [3.63, 3.8) is 0 Å². The van der Waals surface area contributed by atoms with Crippen LogP contribution in [0, 0.1) is 5.82 Å². The summed E-state index contributed by atoms with van der Waals surface area (Å²) in [5.41, 5.74) is 0.589. The lowest BCUT2D eigenvalue weighted by molar-refractivity contribution is 0.109. The van der Waals surface area contributed by atoms with Crippen LogP contribution in [0.25, 0.3) is 0 Å². The molecule has 0 aromatic carbocycles. The highest BCUT2D eigenvalue weighted by Crippen LogP contribution is 2.28. The Labute approximate surface area is 112 Å². The predicted octanol–water partition coefficient (Wildman–Crippen LogP) is 2.95. The molecule has 1 aromatic heterocycles. The van der Waals surface area contributed by atoms with Gasteiger partial charge in [0, 0.05) is 37.0 Å². The van der Waals surface area contributed by atoms with Crippen LogP contribution in [0.1, 0.15) is 37.7 Å². The maximum Gasteiger partial charge on any atom is 0.409 e. The van der Waals surface area contributed by atoms with Gasteiger partial charge in [0.05, 0.1) is 6.61 Å². The minimum Gasteiger partial charge on any atom is -0.449 e. The van der Waals surface area contributed by atoms with Gasteiger partial charge in [0.15, 0.2) is 0 Å². The number of hydrogen-bond acceptors (Lipinski definition) is 3. The third-order valence-electron chi connectivity index (χ3n) is 3.41. The van der Waals surface area contributed by atoms with Crippen LogP contribution < -0.4 is 0 Å². The first-order chi connectivity index (χ1) is 9.22. The molecule has 2 heterocycles. The summed E-state index contributed by atoms with van der Waals surface area (Å²) < 4.78 is 18.8. The van der Waals surface area contributed by atoms with Crippen molar-refractivity contribution in [2.75, 3.05) is 19.7 Å². The number of carbonyl (C=O) groups excluding carboxylic acids is 1. The fraction of sp³-hybridized carbons (Fsp3) is 0.571. The highest BCUT2D eigenvalue weighted by Gasteiger charge is 2.29. The first kappa shape index (κ1) is 13.8. The Morgan fingerprint density at radius 2 is 2.47 bits per heavy atom. The molecule has 0 N–H and O–H groups in total. The third kappa shape index (κ3) is 3.43. The fourth-order valence-corrected chi connectivity index (χ4v) is 2.27. The SMILES string of the molecule is CCCCOC(=O)N1CCC(c2cnccc2F)C1. The molecular formula is C14H19FN2O2. The van der Waals surface area contributed by atoms with Gasteiger partial charge in [-0.1, -0.05) is 13.3 Å². The quantitative estimate of drug-likeness (QED) is 0.787. The Morgan fingerprint density at radius 3 is 3.21 bits per heavy atom. The van der Waals surface area contributed by atoms with Gasteiger partial charge in [-0.05, 0) is 18.9 Å². The van der Waals surface area contributed by atoms with E-state index < -0.39 is 0 Å². The molecule has 1 aliphatic heterocycles. The average Bonchev–Trinajstić information content (AvgIpc) is 2.89. The lowest BCUT2D eigenvalue weighted by atomic mass is 10.00. The van der Waals surface area contributed by atoms with Crippen LogP contribution in [0.2, 0.25) is 0 Å². The van der Waals surface area contributed by atoms with Gasteiger partial charge in [0.25, 0.3) is 0 Å². The second-order valence-corrected chi connectivity index (χ2v) is 4.80. The van der Waals surface area contributed by atoms with E-state index in [1.165, 1.54) is 12.3 Å². The number of likely N-dealkylation sites (tertiary alicyclic amines) is 1. The van der Waals surface area contributed by atoms with E-state index in [9.17, 15) is 9.18 Å². The van der Waals surface area contributed by atoms with Crippen molar-refractivity contribution in [3.8, 4) is 0 Å². The molecule has 1 aromatic rings. The normalized spacial score (nSPS) is 18.6. The summed E-state index contributed by atoms with van der Waals surface area (Å²) >= 11 is 0. The van der Waals surface area contributed by atoms with E-state index in [-0.39, 0.29) is 17.8 Å².